The van der Waals surface area contributed by atoms with Gasteiger partial charge in [0, 0.05) is 17.7 Å². The third-order valence-electron chi connectivity index (χ3n) is 4.44. The van der Waals surface area contributed by atoms with Crippen molar-refractivity contribution in [1.29, 1.82) is 0 Å². The summed E-state index contributed by atoms with van der Waals surface area (Å²) in [6.45, 7) is 4.94. The molecular weight excluding hydrogens is 386 g/mol. The molecule has 0 saturated heterocycles. The molecule has 0 N–H and O–H groups in total. The molecule has 0 fully saturated rings. The number of thioether (sulfide) groups is 1. The minimum atomic E-state index is 0.487. The van der Waals surface area contributed by atoms with Gasteiger partial charge in [-0.25, -0.2) is 0 Å². The van der Waals surface area contributed by atoms with E-state index in [-0.39, 0.29) is 0 Å². The molecule has 0 aliphatic carbocycles. The molecule has 4 rings (SSSR count). The molecule has 7 nitrogen and oxygen atoms in total. The Morgan fingerprint density at radius 3 is 2.62 bits per heavy atom. The van der Waals surface area contributed by atoms with E-state index in [2.05, 4.69) is 57.0 Å². The molecule has 2 aromatic heterocycles. The molecule has 2 aromatic carbocycles. The summed E-state index contributed by atoms with van der Waals surface area (Å²) in [5.74, 6) is 3.30. The van der Waals surface area contributed by atoms with Crippen LogP contribution in [0.4, 0.5) is 0 Å². The second-order valence-corrected chi connectivity index (χ2v) is 7.40. The van der Waals surface area contributed by atoms with Gasteiger partial charge in [0.25, 0.3) is 5.89 Å². The van der Waals surface area contributed by atoms with Gasteiger partial charge in [-0.1, -0.05) is 40.7 Å². The van der Waals surface area contributed by atoms with Gasteiger partial charge in [0.05, 0.1) is 12.9 Å². The zero-order valence-corrected chi connectivity index (χ0v) is 17.3. The van der Waals surface area contributed by atoms with Gasteiger partial charge in [-0.05, 0) is 44.2 Å². The fourth-order valence-corrected chi connectivity index (χ4v) is 3.82. The molecule has 0 saturated carbocycles. The monoisotopic (exact) mass is 407 g/mol. The van der Waals surface area contributed by atoms with Gasteiger partial charge < -0.3 is 13.8 Å². The molecule has 0 radical (unpaired) electrons. The van der Waals surface area contributed by atoms with Gasteiger partial charge in [0.2, 0.25) is 0 Å². The van der Waals surface area contributed by atoms with Crippen LogP contribution in [0.2, 0.25) is 0 Å². The lowest BCUT2D eigenvalue weighted by atomic mass is 10.1. The lowest BCUT2D eigenvalue weighted by Crippen LogP contribution is -2.00. The summed E-state index contributed by atoms with van der Waals surface area (Å²) < 4.78 is 12.7. The number of benzene rings is 2. The average molecular weight is 407 g/mol. The summed E-state index contributed by atoms with van der Waals surface area (Å²) in [6, 6.07) is 15.8. The van der Waals surface area contributed by atoms with Crippen molar-refractivity contribution in [2.75, 3.05) is 7.11 Å². The maximum absolute atomic E-state index is 5.40. The van der Waals surface area contributed by atoms with Crippen molar-refractivity contribution in [1.82, 2.24) is 24.9 Å². The summed E-state index contributed by atoms with van der Waals surface area (Å²) >= 11 is 1.54. The SMILES string of the molecule is CCn1c(SCc2noc(-c3ccc(OC)cc3)n2)nnc1-c1cccc(C)c1. The van der Waals surface area contributed by atoms with Crippen LogP contribution in [0.15, 0.2) is 58.2 Å². The minimum Gasteiger partial charge on any atom is -0.497 e. The Morgan fingerprint density at radius 2 is 1.90 bits per heavy atom. The number of hydrogen-bond donors (Lipinski definition) is 0. The first-order chi connectivity index (χ1) is 14.2. The Labute approximate surface area is 173 Å². The van der Waals surface area contributed by atoms with Crippen LogP contribution in [0.3, 0.4) is 0 Å². The highest BCUT2D eigenvalue weighted by Gasteiger charge is 2.15. The van der Waals surface area contributed by atoms with Crippen molar-refractivity contribution in [2.24, 2.45) is 0 Å². The van der Waals surface area contributed by atoms with E-state index >= 15 is 0 Å². The fourth-order valence-electron chi connectivity index (χ4n) is 2.97. The highest BCUT2D eigenvalue weighted by Crippen LogP contribution is 2.27. The molecule has 29 heavy (non-hydrogen) atoms. The Kier molecular flexibility index (Phi) is 5.62. The number of aryl methyl sites for hydroxylation is 1. The van der Waals surface area contributed by atoms with Crippen LogP contribution >= 0.6 is 11.8 Å². The number of aromatic nitrogens is 5. The highest BCUT2D eigenvalue weighted by atomic mass is 32.2. The first kappa shape index (κ1) is 19.2. The third-order valence-corrected chi connectivity index (χ3v) is 5.41. The van der Waals surface area contributed by atoms with E-state index in [0.717, 1.165) is 34.4 Å². The maximum Gasteiger partial charge on any atom is 0.257 e. The van der Waals surface area contributed by atoms with Crippen LogP contribution in [0.5, 0.6) is 5.75 Å². The van der Waals surface area contributed by atoms with Crippen LogP contribution in [-0.4, -0.2) is 32.0 Å². The fraction of sp³-hybridized carbons (Fsp3) is 0.238. The average Bonchev–Trinajstić information content (AvgIpc) is 3.39. The predicted molar refractivity (Wildman–Crippen MR) is 112 cm³/mol. The Morgan fingerprint density at radius 1 is 1.07 bits per heavy atom. The molecule has 0 spiro atoms. The van der Waals surface area contributed by atoms with Crippen LogP contribution < -0.4 is 4.74 Å². The van der Waals surface area contributed by atoms with Crippen molar-refractivity contribution in [3.8, 4) is 28.6 Å². The second kappa shape index (κ2) is 8.48. The van der Waals surface area contributed by atoms with Crippen LogP contribution in [0.1, 0.15) is 18.3 Å². The van der Waals surface area contributed by atoms with Gasteiger partial charge in [-0.15, -0.1) is 10.2 Å². The number of methoxy groups -OCH3 is 1. The van der Waals surface area contributed by atoms with Crippen molar-refractivity contribution < 1.29 is 9.26 Å². The maximum atomic E-state index is 5.40. The molecule has 0 bridgehead atoms. The van der Waals surface area contributed by atoms with Gasteiger partial charge in [-0.2, -0.15) is 4.98 Å². The Bertz CT molecular complexity index is 1100. The number of rotatable bonds is 7. The molecular formula is C21H21N5O2S. The van der Waals surface area contributed by atoms with Crippen LogP contribution in [0, 0.1) is 6.92 Å². The van der Waals surface area contributed by atoms with E-state index in [9.17, 15) is 0 Å². The number of ether oxygens (including phenoxy) is 1. The summed E-state index contributed by atoms with van der Waals surface area (Å²) in [6.07, 6.45) is 0. The summed E-state index contributed by atoms with van der Waals surface area (Å²) in [5, 5.41) is 13.7. The van der Waals surface area contributed by atoms with Gasteiger partial charge >= 0.3 is 0 Å². The molecule has 148 valence electrons. The highest BCUT2D eigenvalue weighted by molar-refractivity contribution is 7.98. The van der Waals surface area contributed by atoms with E-state index in [1.807, 2.05) is 30.3 Å². The molecule has 8 heteroatoms. The molecule has 4 aromatic rings. The molecule has 0 aliphatic rings. The van der Waals surface area contributed by atoms with E-state index in [1.165, 1.54) is 5.56 Å². The number of nitrogens with zero attached hydrogens (tertiary/aromatic N) is 5. The summed E-state index contributed by atoms with van der Waals surface area (Å²) in [5.41, 5.74) is 3.11. The second-order valence-electron chi connectivity index (χ2n) is 6.45. The van der Waals surface area contributed by atoms with Crippen molar-refractivity contribution in [3.63, 3.8) is 0 Å². The third kappa shape index (κ3) is 4.17. The zero-order chi connectivity index (χ0) is 20.2. The van der Waals surface area contributed by atoms with E-state index < -0.39 is 0 Å². The lowest BCUT2D eigenvalue weighted by Gasteiger charge is -2.07. The van der Waals surface area contributed by atoms with Gasteiger partial charge in [0.15, 0.2) is 16.8 Å². The topological polar surface area (TPSA) is 78.9 Å². The van der Waals surface area contributed by atoms with Gasteiger partial charge in [0.1, 0.15) is 5.75 Å². The Balaban J connectivity index is 1.49. The van der Waals surface area contributed by atoms with E-state index in [1.54, 1.807) is 18.9 Å². The summed E-state index contributed by atoms with van der Waals surface area (Å²) in [4.78, 5) is 4.49. The molecule has 0 atom stereocenters. The smallest absolute Gasteiger partial charge is 0.257 e. The normalized spacial score (nSPS) is 11.0. The van der Waals surface area contributed by atoms with Crippen LogP contribution in [-0.2, 0) is 12.3 Å². The van der Waals surface area contributed by atoms with E-state index in [0.29, 0.717) is 17.5 Å². The first-order valence-corrected chi connectivity index (χ1v) is 10.3. The lowest BCUT2D eigenvalue weighted by molar-refractivity contribution is 0.414. The predicted octanol–water partition coefficient (Wildman–Crippen LogP) is 4.62. The molecule has 0 unspecified atom stereocenters. The van der Waals surface area contributed by atoms with Crippen molar-refractivity contribution in [2.45, 2.75) is 31.3 Å². The quantitative estimate of drug-likeness (QED) is 0.413. The van der Waals surface area contributed by atoms with Crippen molar-refractivity contribution in [3.05, 3.63) is 59.9 Å². The largest absolute Gasteiger partial charge is 0.497 e. The summed E-state index contributed by atoms with van der Waals surface area (Å²) in [7, 11) is 1.64. The van der Waals surface area contributed by atoms with Gasteiger partial charge in [-0.3, -0.25) is 0 Å². The molecule has 2 heterocycles. The zero-order valence-electron chi connectivity index (χ0n) is 16.5. The number of hydrogen-bond acceptors (Lipinski definition) is 7. The standard InChI is InChI=1S/C21H21N5O2S/c1-4-26-19(16-7-5-6-14(2)12-16)23-24-21(26)29-13-18-22-20(28-25-18)15-8-10-17(27-3)11-9-15/h5-12H,4,13H2,1-3H3. The molecule has 0 aliphatic heterocycles. The van der Waals surface area contributed by atoms with Crippen molar-refractivity contribution >= 4 is 11.8 Å². The minimum absolute atomic E-state index is 0.487. The molecule has 0 amide bonds. The van der Waals surface area contributed by atoms with Crippen LogP contribution in [0.25, 0.3) is 22.8 Å². The first-order valence-electron chi connectivity index (χ1n) is 9.28. The van der Waals surface area contributed by atoms with E-state index in [4.69, 9.17) is 9.26 Å². The Hall–Kier alpha value is -3.13.